The van der Waals surface area contributed by atoms with E-state index in [0.717, 1.165) is 23.3 Å². The summed E-state index contributed by atoms with van der Waals surface area (Å²) >= 11 is 0. The number of amides is 1. The number of benzene rings is 2. The van der Waals surface area contributed by atoms with E-state index in [9.17, 15) is 9.59 Å². The maximum Gasteiger partial charge on any atom is 0.258 e. The SMILES string of the molecule is COc1ccc(CCNC(=O)c2ccccc2NCc2cc(=O)n3cc(C)ccc3n2)cc1. The minimum Gasteiger partial charge on any atom is -0.497 e. The molecule has 2 N–H and O–H groups in total. The van der Waals surface area contributed by atoms with Gasteiger partial charge in [-0.2, -0.15) is 0 Å². The predicted octanol–water partition coefficient (Wildman–Crippen LogP) is 3.60. The molecule has 7 heteroatoms. The molecule has 0 atom stereocenters. The van der Waals surface area contributed by atoms with Crippen LogP contribution in [0.2, 0.25) is 0 Å². The van der Waals surface area contributed by atoms with Gasteiger partial charge in [-0.05, 0) is 54.8 Å². The highest BCUT2D eigenvalue weighted by Gasteiger charge is 2.11. The molecule has 7 nitrogen and oxygen atoms in total. The number of hydrogen-bond acceptors (Lipinski definition) is 5. The van der Waals surface area contributed by atoms with Crippen LogP contribution >= 0.6 is 0 Å². The van der Waals surface area contributed by atoms with Gasteiger partial charge >= 0.3 is 0 Å². The van der Waals surface area contributed by atoms with Crippen molar-refractivity contribution in [3.63, 3.8) is 0 Å². The van der Waals surface area contributed by atoms with Gasteiger partial charge in [-0.15, -0.1) is 0 Å². The van der Waals surface area contributed by atoms with Crippen LogP contribution in [0.5, 0.6) is 5.75 Å². The lowest BCUT2D eigenvalue weighted by molar-refractivity contribution is 0.0955. The molecule has 1 amide bonds. The summed E-state index contributed by atoms with van der Waals surface area (Å²) in [5.41, 5.74) is 4.40. The van der Waals surface area contributed by atoms with Crippen molar-refractivity contribution in [2.75, 3.05) is 19.0 Å². The standard InChI is InChI=1S/C26H26N4O3/c1-18-7-12-24-29-20(15-25(31)30(24)17-18)16-28-23-6-4-3-5-22(23)26(32)27-14-13-19-8-10-21(33-2)11-9-19/h3-12,15,17,28H,13-14,16H2,1-2H3,(H,27,32). The minimum atomic E-state index is -0.159. The molecule has 4 rings (SSSR count). The Morgan fingerprint density at radius 1 is 1.06 bits per heavy atom. The van der Waals surface area contributed by atoms with Crippen molar-refractivity contribution in [3.8, 4) is 5.75 Å². The Bertz CT molecular complexity index is 1330. The first-order chi connectivity index (χ1) is 16.0. The summed E-state index contributed by atoms with van der Waals surface area (Å²) in [5, 5.41) is 6.22. The van der Waals surface area contributed by atoms with Crippen molar-refractivity contribution in [2.45, 2.75) is 19.9 Å². The number of hydrogen-bond donors (Lipinski definition) is 2. The highest BCUT2D eigenvalue weighted by molar-refractivity contribution is 5.99. The Hall–Kier alpha value is -4.13. The maximum atomic E-state index is 12.8. The van der Waals surface area contributed by atoms with E-state index >= 15 is 0 Å². The molecule has 0 spiro atoms. The van der Waals surface area contributed by atoms with Gasteiger partial charge in [0, 0.05) is 24.5 Å². The number of ether oxygens (including phenoxy) is 1. The van der Waals surface area contributed by atoms with Crippen LogP contribution in [0.15, 0.2) is 77.7 Å². The molecule has 0 aliphatic heterocycles. The monoisotopic (exact) mass is 442 g/mol. The number of aryl methyl sites for hydroxylation is 1. The summed E-state index contributed by atoms with van der Waals surface area (Å²) in [6.45, 7) is 2.78. The molecule has 4 aromatic rings. The van der Waals surface area contributed by atoms with Crippen molar-refractivity contribution in [1.82, 2.24) is 14.7 Å². The molecule has 2 aromatic heterocycles. The van der Waals surface area contributed by atoms with Gasteiger partial charge in [-0.3, -0.25) is 14.0 Å². The van der Waals surface area contributed by atoms with Gasteiger partial charge in [-0.25, -0.2) is 4.98 Å². The first-order valence-corrected chi connectivity index (χ1v) is 10.8. The Morgan fingerprint density at radius 2 is 1.85 bits per heavy atom. The molecule has 0 bridgehead atoms. The first-order valence-electron chi connectivity index (χ1n) is 10.8. The average Bonchev–Trinajstić information content (AvgIpc) is 2.84. The van der Waals surface area contributed by atoms with Crippen LogP contribution in [-0.2, 0) is 13.0 Å². The lowest BCUT2D eigenvalue weighted by atomic mass is 10.1. The summed E-state index contributed by atoms with van der Waals surface area (Å²) < 4.78 is 6.70. The fourth-order valence-corrected chi connectivity index (χ4v) is 3.58. The fourth-order valence-electron chi connectivity index (χ4n) is 3.58. The summed E-state index contributed by atoms with van der Waals surface area (Å²) in [5.74, 6) is 0.648. The van der Waals surface area contributed by atoms with Crippen LogP contribution in [0.25, 0.3) is 5.65 Å². The Morgan fingerprint density at radius 3 is 2.64 bits per heavy atom. The van der Waals surface area contributed by atoms with E-state index in [-0.39, 0.29) is 11.5 Å². The number of carbonyl (C=O) groups is 1. The molecule has 168 valence electrons. The minimum absolute atomic E-state index is 0.134. The third-order valence-electron chi connectivity index (χ3n) is 5.35. The van der Waals surface area contributed by atoms with Crippen molar-refractivity contribution in [3.05, 3.63) is 106 Å². The molecule has 0 saturated heterocycles. The number of nitrogens with zero attached hydrogens (tertiary/aromatic N) is 2. The van der Waals surface area contributed by atoms with Gasteiger partial charge in [0.15, 0.2) is 0 Å². The number of carbonyl (C=O) groups excluding carboxylic acids is 1. The van der Waals surface area contributed by atoms with Crippen LogP contribution in [0.4, 0.5) is 5.69 Å². The molecule has 0 radical (unpaired) electrons. The van der Waals surface area contributed by atoms with Gasteiger partial charge in [-0.1, -0.05) is 30.3 Å². The second kappa shape index (κ2) is 9.99. The van der Waals surface area contributed by atoms with Crippen molar-refractivity contribution < 1.29 is 9.53 Å². The quantitative estimate of drug-likeness (QED) is 0.436. The number of anilines is 1. The molecule has 33 heavy (non-hydrogen) atoms. The number of rotatable bonds is 8. The largest absolute Gasteiger partial charge is 0.497 e. The van der Waals surface area contributed by atoms with Gasteiger partial charge in [0.1, 0.15) is 11.4 Å². The zero-order valence-electron chi connectivity index (χ0n) is 18.7. The molecule has 2 aromatic carbocycles. The smallest absolute Gasteiger partial charge is 0.258 e. The van der Waals surface area contributed by atoms with E-state index in [0.29, 0.717) is 35.7 Å². The highest BCUT2D eigenvalue weighted by Crippen LogP contribution is 2.16. The maximum absolute atomic E-state index is 12.8. The summed E-state index contributed by atoms with van der Waals surface area (Å²) in [4.78, 5) is 29.8. The van der Waals surface area contributed by atoms with Crippen molar-refractivity contribution in [2.24, 2.45) is 0 Å². The highest BCUT2D eigenvalue weighted by atomic mass is 16.5. The molecular weight excluding hydrogens is 416 g/mol. The number of methoxy groups -OCH3 is 1. The molecule has 0 aliphatic carbocycles. The van der Waals surface area contributed by atoms with E-state index in [4.69, 9.17) is 4.74 Å². The lowest BCUT2D eigenvalue weighted by Gasteiger charge is -2.13. The summed E-state index contributed by atoms with van der Waals surface area (Å²) in [7, 11) is 1.64. The zero-order valence-corrected chi connectivity index (χ0v) is 18.7. The molecule has 2 heterocycles. The Kier molecular flexibility index (Phi) is 6.69. The summed E-state index contributed by atoms with van der Waals surface area (Å²) in [6.07, 6.45) is 2.49. The number of aromatic nitrogens is 2. The fraction of sp³-hybridized carbons (Fsp3) is 0.192. The average molecular weight is 443 g/mol. The Labute approximate surface area is 192 Å². The normalized spacial score (nSPS) is 10.7. The third kappa shape index (κ3) is 5.38. The Balaban J connectivity index is 1.40. The summed E-state index contributed by atoms with van der Waals surface area (Å²) in [6, 6.07) is 20.4. The molecular formula is C26H26N4O3. The third-order valence-corrected chi connectivity index (χ3v) is 5.35. The van der Waals surface area contributed by atoms with Crippen LogP contribution < -0.4 is 20.9 Å². The lowest BCUT2D eigenvalue weighted by Crippen LogP contribution is -2.26. The van der Waals surface area contributed by atoms with Gasteiger partial charge in [0.25, 0.3) is 11.5 Å². The van der Waals surface area contributed by atoms with Gasteiger partial charge < -0.3 is 15.4 Å². The number of pyridine rings is 1. The molecule has 0 unspecified atom stereocenters. The van der Waals surface area contributed by atoms with Crippen LogP contribution in [0.3, 0.4) is 0 Å². The second-order valence-corrected chi connectivity index (χ2v) is 7.77. The number of para-hydroxylation sites is 1. The zero-order chi connectivity index (χ0) is 23.2. The van der Waals surface area contributed by atoms with E-state index in [1.54, 1.807) is 19.4 Å². The molecule has 0 saturated carbocycles. The van der Waals surface area contributed by atoms with E-state index < -0.39 is 0 Å². The van der Waals surface area contributed by atoms with Crippen LogP contribution in [0.1, 0.15) is 27.2 Å². The van der Waals surface area contributed by atoms with Gasteiger partial charge in [0.2, 0.25) is 0 Å². The van der Waals surface area contributed by atoms with Crippen molar-refractivity contribution in [1.29, 1.82) is 0 Å². The van der Waals surface area contributed by atoms with Crippen LogP contribution in [-0.4, -0.2) is 28.9 Å². The van der Waals surface area contributed by atoms with E-state index in [1.807, 2.05) is 61.5 Å². The molecule has 0 fully saturated rings. The first kappa shape index (κ1) is 22.1. The second-order valence-electron chi connectivity index (χ2n) is 7.77. The van der Waals surface area contributed by atoms with Crippen molar-refractivity contribution >= 4 is 17.2 Å². The van der Waals surface area contributed by atoms with Crippen LogP contribution in [0, 0.1) is 6.92 Å². The predicted molar refractivity (Wildman–Crippen MR) is 129 cm³/mol. The number of fused-ring (bicyclic) bond motifs is 1. The van der Waals surface area contributed by atoms with E-state index in [2.05, 4.69) is 15.6 Å². The topological polar surface area (TPSA) is 84.7 Å². The number of nitrogens with one attached hydrogen (secondary N) is 2. The molecule has 0 aliphatic rings. The van der Waals surface area contributed by atoms with Gasteiger partial charge in [0.05, 0.1) is 24.9 Å². The van der Waals surface area contributed by atoms with E-state index in [1.165, 1.54) is 10.5 Å².